The first-order chi connectivity index (χ1) is 5.14. The van der Waals surface area contributed by atoms with E-state index in [0.717, 1.165) is 0 Å². The van der Waals surface area contributed by atoms with Crippen molar-refractivity contribution in [2.24, 2.45) is 0 Å². The molecule has 0 amide bonds. The molecule has 0 aromatic heterocycles. The normalized spacial score (nSPS) is 14.5. The minimum absolute atomic E-state index is 0.236. The van der Waals surface area contributed by atoms with Gasteiger partial charge in [-0.15, -0.1) is 0 Å². The van der Waals surface area contributed by atoms with Crippen LogP contribution in [0.1, 0.15) is 0 Å². The summed E-state index contributed by atoms with van der Waals surface area (Å²) >= 11 is 10.8. The Labute approximate surface area is 135 Å². The van der Waals surface area contributed by atoms with Crippen LogP contribution >= 0.6 is 89.5 Å². The molecule has 0 saturated carbocycles. The summed E-state index contributed by atoms with van der Waals surface area (Å²) in [7, 11) is 1.08. The highest BCUT2D eigenvalue weighted by molar-refractivity contribution is 14.3. The number of halogens is 4. The summed E-state index contributed by atoms with van der Waals surface area (Å²) < 4.78 is -0.473. The number of hydrogen-bond acceptors (Lipinski definition) is 0. The summed E-state index contributed by atoms with van der Waals surface area (Å²) in [5.74, 6) is 0. The van der Waals surface area contributed by atoms with Crippen molar-refractivity contribution in [1.82, 2.24) is 0 Å². The first-order valence-corrected chi connectivity index (χ1v) is 12.5. The third-order valence-electron chi connectivity index (χ3n) is 1.71. The average Bonchev–Trinajstić information content (AvgIpc) is 1.86. The predicted octanol–water partition coefficient (Wildman–Crippen LogP) is 3.44. The molecule has 0 unspecified atom stereocenters. The van der Waals surface area contributed by atoms with Gasteiger partial charge in [-0.05, 0) is 0 Å². The second-order valence-electron chi connectivity index (χ2n) is 3.06. The van der Waals surface area contributed by atoms with Crippen LogP contribution in [0.3, 0.4) is 0 Å². The fourth-order valence-electron chi connectivity index (χ4n) is 0.634. The van der Waals surface area contributed by atoms with Gasteiger partial charge in [-0.25, -0.2) is 21.5 Å². The quantitative estimate of drug-likeness (QED) is 0.249. The van der Waals surface area contributed by atoms with E-state index in [4.69, 9.17) is 0 Å². The molecule has 8 heteroatoms. The van der Waals surface area contributed by atoms with Gasteiger partial charge in [0, 0.05) is 0 Å². The predicted molar refractivity (Wildman–Crippen MR) is 106 cm³/mol. The molecular formula is C4H12B2I4S2. The van der Waals surface area contributed by atoms with Crippen LogP contribution in [0.15, 0.2) is 0 Å². The van der Waals surface area contributed by atoms with Crippen molar-refractivity contribution >= 4 is 113 Å². The lowest BCUT2D eigenvalue weighted by atomic mass is 9.75. The Balaban J connectivity index is 4.75. The van der Waals surface area contributed by atoms with Gasteiger partial charge in [-0.1, -0.05) is 0 Å². The van der Waals surface area contributed by atoms with Gasteiger partial charge in [-0.3, -0.25) is 89.5 Å². The maximum atomic E-state index is 2.70. The van der Waals surface area contributed by atoms with Crippen LogP contribution in [0.25, 0.3) is 0 Å². The largest absolute Gasteiger partial charge is 0.299 e. The van der Waals surface area contributed by atoms with E-state index in [2.05, 4.69) is 115 Å². The van der Waals surface area contributed by atoms with Gasteiger partial charge in [0.2, 0.25) is 0 Å². The Bertz CT molecular complexity index is 143. The Morgan fingerprint density at radius 2 is 0.833 bits per heavy atom. The van der Waals surface area contributed by atoms with E-state index in [1.807, 2.05) is 0 Å². The fourth-order valence-corrected chi connectivity index (χ4v) is 10.3. The van der Waals surface area contributed by atoms with Crippen molar-refractivity contribution in [1.29, 1.82) is 0 Å². The van der Waals surface area contributed by atoms with Crippen molar-refractivity contribution in [3.8, 4) is 0 Å². The highest BCUT2D eigenvalue weighted by atomic mass is 127. The second-order valence-corrected chi connectivity index (χ2v) is 24.1. The lowest BCUT2D eigenvalue weighted by Gasteiger charge is -2.41. The van der Waals surface area contributed by atoms with Crippen LogP contribution in [-0.4, -0.2) is 27.1 Å². The van der Waals surface area contributed by atoms with Gasteiger partial charge in [-0.2, -0.15) is 0 Å². The van der Waals surface area contributed by atoms with E-state index in [9.17, 15) is 0 Å². The Kier molecular flexibility index (Phi) is 7.74. The van der Waals surface area contributed by atoms with Crippen molar-refractivity contribution in [3.63, 3.8) is 0 Å². The summed E-state index contributed by atoms with van der Waals surface area (Å²) in [6.07, 6.45) is 9.50. The molecule has 0 saturated heterocycles. The Morgan fingerprint density at radius 3 is 0.917 bits per heavy atom. The molecule has 0 N–H and O–H groups in total. The molecule has 0 rings (SSSR count). The summed E-state index contributed by atoms with van der Waals surface area (Å²) in [6, 6.07) is 0. The van der Waals surface area contributed by atoms with Crippen LogP contribution in [0.5, 0.6) is 0 Å². The van der Waals surface area contributed by atoms with Crippen molar-refractivity contribution in [2.45, 2.75) is 0 Å². The minimum Gasteiger partial charge on any atom is -0.299 e. The standard InChI is InChI=1S/C4H12B2I4S2/c1-11(2)5(7,8)6(9,10)12(3)4/h1-4H3. The molecule has 0 aromatic carbocycles. The molecule has 0 bridgehead atoms. The molecule has 74 valence electrons. The van der Waals surface area contributed by atoms with E-state index in [-0.39, 0.29) is 2.06 Å². The summed E-state index contributed by atoms with van der Waals surface area (Å²) in [6.45, 7) is 0. The molecule has 0 aliphatic rings. The Morgan fingerprint density at radius 1 is 0.667 bits per heavy atom. The SMILES string of the molecule is C[S+](C)[B-](I)(I)[B-](I)(I)[S+](C)C. The summed E-state index contributed by atoms with van der Waals surface area (Å²) in [5, 5.41) is 0. The minimum atomic E-state index is -0.236. The van der Waals surface area contributed by atoms with Gasteiger partial charge in [0.25, 0.3) is 2.06 Å². The summed E-state index contributed by atoms with van der Waals surface area (Å²) in [5.41, 5.74) is 0. The van der Waals surface area contributed by atoms with Crippen molar-refractivity contribution in [3.05, 3.63) is 0 Å². The van der Waals surface area contributed by atoms with Gasteiger partial charge < -0.3 is 0 Å². The Hall–Kier alpha value is 3.75. The molecule has 0 aromatic rings. The number of rotatable bonds is 3. The van der Waals surface area contributed by atoms with E-state index in [0.29, 0.717) is 21.5 Å². The van der Waals surface area contributed by atoms with E-state index in [1.54, 1.807) is 0 Å². The summed E-state index contributed by atoms with van der Waals surface area (Å²) in [4.78, 5) is 0. The second kappa shape index (κ2) is 5.89. The first kappa shape index (κ1) is 15.7. The average molecular weight is 654 g/mol. The first-order valence-electron chi connectivity index (χ1n) is 3.31. The van der Waals surface area contributed by atoms with E-state index < -0.39 is 0 Å². The third kappa shape index (κ3) is 3.65. The van der Waals surface area contributed by atoms with Gasteiger partial charge in [0.15, 0.2) is 0 Å². The molecule has 0 nitrogen and oxygen atoms in total. The van der Waals surface area contributed by atoms with Crippen LogP contribution in [0.4, 0.5) is 0 Å². The molecule has 0 radical (unpaired) electrons. The lowest BCUT2D eigenvalue weighted by molar-refractivity contribution is 2.32. The van der Waals surface area contributed by atoms with Crippen molar-refractivity contribution < 1.29 is 0 Å². The van der Waals surface area contributed by atoms with Gasteiger partial charge in [0.1, 0.15) is 0 Å². The lowest BCUT2D eigenvalue weighted by Crippen LogP contribution is -2.55. The van der Waals surface area contributed by atoms with Crippen LogP contribution < -0.4 is 0 Å². The molecule has 0 spiro atoms. The molecule has 0 heterocycles. The van der Waals surface area contributed by atoms with E-state index in [1.165, 1.54) is 0 Å². The third-order valence-corrected chi connectivity index (χ3v) is 29.2. The molecule has 0 aliphatic carbocycles. The zero-order chi connectivity index (χ0) is 10.2. The highest BCUT2D eigenvalue weighted by Crippen LogP contribution is 2.47. The topological polar surface area (TPSA) is 0 Å². The van der Waals surface area contributed by atoms with Crippen LogP contribution in [0.2, 0.25) is 0 Å². The number of hydrogen-bond donors (Lipinski definition) is 0. The van der Waals surface area contributed by atoms with Gasteiger partial charge >= 0.3 is 0 Å². The monoisotopic (exact) mass is 654 g/mol. The maximum absolute atomic E-state index is 2.70. The molecule has 0 aliphatic heterocycles. The smallest absolute Gasteiger partial charge is 0.273 e. The molecule has 0 fully saturated rings. The van der Waals surface area contributed by atoms with Gasteiger partial charge in [0.05, 0.1) is 25.0 Å². The molecular weight excluding hydrogens is 641 g/mol. The highest BCUT2D eigenvalue weighted by Gasteiger charge is 2.51. The van der Waals surface area contributed by atoms with Crippen molar-refractivity contribution in [2.75, 3.05) is 25.0 Å². The fraction of sp³-hybridized carbons (Fsp3) is 1.00. The van der Waals surface area contributed by atoms with Crippen LogP contribution in [-0.2, 0) is 21.5 Å². The van der Waals surface area contributed by atoms with E-state index >= 15 is 0 Å². The molecule has 0 atom stereocenters. The zero-order valence-corrected chi connectivity index (χ0v) is 17.7. The van der Waals surface area contributed by atoms with Crippen LogP contribution in [0, 0.1) is 0 Å². The maximum Gasteiger partial charge on any atom is 0.273 e. The zero-order valence-electron chi connectivity index (χ0n) is 7.48. The molecule has 12 heavy (non-hydrogen) atoms.